The highest BCUT2D eigenvalue weighted by molar-refractivity contribution is 7.89. The summed E-state index contributed by atoms with van der Waals surface area (Å²) in [5.74, 6) is -1.73. The van der Waals surface area contributed by atoms with Gasteiger partial charge in [-0.25, -0.2) is 12.8 Å². The van der Waals surface area contributed by atoms with Crippen molar-refractivity contribution in [3.8, 4) is 5.75 Å². The number of fused-ring (bicyclic) bond motifs is 1. The van der Waals surface area contributed by atoms with Gasteiger partial charge in [-0.05, 0) is 56.3 Å². The number of hydrogen-bond donors (Lipinski definition) is 2. The van der Waals surface area contributed by atoms with Crippen LogP contribution in [-0.4, -0.2) is 83.2 Å². The normalized spacial score (nSPS) is 18.3. The van der Waals surface area contributed by atoms with Gasteiger partial charge in [0.05, 0.1) is 41.0 Å². The fourth-order valence-electron chi connectivity index (χ4n) is 4.71. The zero-order valence-corrected chi connectivity index (χ0v) is 24.4. The van der Waals surface area contributed by atoms with Crippen molar-refractivity contribution in [3.05, 3.63) is 71.3 Å². The Labute approximate surface area is 238 Å². The Balaban J connectivity index is 1.73. The number of carbonyl (C=O) groups is 2. The Kier molecular flexibility index (Phi) is 8.80. The van der Waals surface area contributed by atoms with Gasteiger partial charge >= 0.3 is 0 Å². The van der Waals surface area contributed by atoms with Crippen molar-refractivity contribution in [2.45, 2.75) is 37.8 Å². The van der Waals surface area contributed by atoms with Gasteiger partial charge in [-0.3, -0.25) is 14.3 Å². The number of sulfonamides is 1. The molecule has 3 atom stereocenters. The number of aryl methyl sites for hydroxylation is 2. The highest BCUT2D eigenvalue weighted by Gasteiger charge is 2.36. The molecule has 0 unspecified atom stereocenters. The average Bonchev–Trinajstić information content (AvgIpc) is 3.28. The van der Waals surface area contributed by atoms with Crippen LogP contribution in [0.25, 0.3) is 0 Å². The van der Waals surface area contributed by atoms with E-state index in [4.69, 9.17) is 4.74 Å². The number of ether oxygens (including phenoxy) is 1. The minimum Gasteiger partial charge on any atom is -0.486 e. The molecule has 1 aliphatic rings. The predicted octanol–water partition coefficient (Wildman–Crippen LogP) is 2.66. The molecule has 0 saturated carbocycles. The van der Waals surface area contributed by atoms with Crippen LogP contribution in [0.5, 0.6) is 5.75 Å². The molecule has 4 rings (SSSR count). The van der Waals surface area contributed by atoms with Crippen LogP contribution in [0, 0.1) is 18.7 Å². The molecule has 1 aliphatic heterocycles. The molecule has 2 N–H and O–H groups in total. The number of carbonyl (C=O) groups excluding carboxylic acids is 2. The summed E-state index contributed by atoms with van der Waals surface area (Å²) in [7, 11) is -0.968. The summed E-state index contributed by atoms with van der Waals surface area (Å²) in [5, 5.41) is 16.9. The third-order valence-electron chi connectivity index (χ3n) is 7.13. The molecule has 0 spiro atoms. The number of para-hydroxylation sites is 1. The lowest BCUT2D eigenvalue weighted by molar-refractivity contribution is 0.0388. The summed E-state index contributed by atoms with van der Waals surface area (Å²) in [6, 6.07) is 10.4. The van der Waals surface area contributed by atoms with Crippen molar-refractivity contribution in [3.63, 3.8) is 0 Å². The van der Waals surface area contributed by atoms with Crippen LogP contribution in [0.3, 0.4) is 0 Å². The van der Waals surface area contributed by atoms with Gasteiger partial charge in [-0.15, -0.1) is 0 Å². The summed E-state index contributed by atoms with van der Waals surface area (Å²) < 4.78 is 48.9. The first-order chi connectivity index (χ1) is 19.3. The van der Waals surface area contributed by atoms with Gasteiger partial charge in [0, 0.05) is 26.6 Å². The second-order valence-corrected chi connectivity index (χ2v) is 12.3. The number of nitrogens with zero attached hydrogens (tertiary/aromatic N) is 4. The third-order valence-corrected chi connectivity index (χ3v) is 8.97. The van der Waals surface area contributed by atoms with Gasteiger partial charge < -0.3 is 20.1 Å². The number of amides is 2. The van der Waals surface area contributed by atoms with Gasteiger partial charge in [-0.2, -0.15) is 9.40 Å². The van der Waals surface area contributed by atoms with E-state index in [0.29, 0.717) is 11.4 Å². The topological polar surface area (TPSA) is 134 Å². The summed E-state index contributed by atoms with van der Waals surface area (Å²) in [6.45, 7) is 5.07. The average molecular weight is 588 g/mol. The number of nitrogens with one attached hydrogen (secondary N) is 1. The van der Waals surface area contributed by atoms with E-state index in [1.807, 2.05) is 6.92 Å². The van der Waals surface area contributed by atoms with Crippen molar-refractivity contribution in [2.75, 3.05) is 32.1 Å². The van der Waals surface area contributed by atoms with Crippen molar-refractivity contribution in [1.82, 2.24) is 19.0 Å². The number of hydrogen-bond acceptors (Lipinski definition) is 7. The Bertz CT molecular complexity index is 1540. The van der Waals surface area contributed by atoms with E-state index in [0.717, 1.165) is 16.4 Å². The largest absolute Gasteiger partial charge is 0.486 e. The molecule has 220 valence electrons. The Morgan fingerprint density at radius 1 is 1.27 bits per heavy atom. The van der Waals surface area contributed by atoms with Crippen molar-refractivity contribution < 1.29 is 32.2 Å². The van der Waals surface area contributed by atoms with E-state index < -0.39 is 45.7 Å². The second kappa shape index (κ2) is 12.0. The Morgan fingerprint density at radius 3 is 2.56 bits per heavy atom. The molecule has 11 nitrogen and oxygen atoms in total. The van der Waals surface area contributed by atoms with E-state index in [-0.39, 0.29) is 41.6 Å². The first-order valence-electron chi connectivity index (χ1n) is 13.1. The number of aromatic nitrogens is 2. The van der Waals surface area contributed by atoms with E-state index >= 15 is 0 Å². The number of rotatable bonds is 8. The molecule has 0 radical (unpaired) electrons. The molecule has 1 aromatic heterocycles. The zero-order chi connectivity index (χ0) is 30.1. The summed E-state index contributed by atoms with van der Waals surface area (Å²) in [4.78, 5) is 28.3. The van der Waals surface area contributed by atoms with Crippen LogP contribution in [-0.2, 0) is 17.1 Å². The number of halogens is 1. The minimum atomic E-state index is -4.00. The van der Waals surface area contributed by atoms with Crippen molar-refractivity contribution in [2.24, 2.45) is 13.0 Å². The van der Waals surface area contributed by atoms with Gasteiger partial charge in [0.15, 0.2) is 5.75 Å². The maximum Gasteiger partial charge on any atom is 0.274 e. The van der Waals surface area contributed by atoms with Crippen LogP contribution in [0.2, 0.25) is 0 Å². The highest BCUT2D eigenvalue weighted by Crippen LogP contribution is 2.35. The van der Waals surface area contributed by atoms with Crippen LogP contribution < -0.4 is 10.1 Å². The molecule has 0 aliphatic carbocycles. The highest BCUT2D eigenvalue weighted by atomic mass is 32.2. The van der Waals surface area contributed by atoms with E-state index in [9.17, 15) is 27.5 Å². The van der Waals surface area contributed by atoms with E-state index in [1.165, 1.54) is 28.8 Å². The third kappa shape index (κ3) is 6.26. The SMILES string of the molecule is Cc1cc(C(=O)Nc2cccc3c2O[C@H](CN(C)S(=O)(=O)c2ccc(F)cc2)[C@@H](C)CN([C@H](C)CO)C3=O)n(C)n1. The first kappa shape index (κ1) is 30.2. The number of benzene rings is 2. The molecule has 2 amide bonds. The quantitative estimate of drug-likeness (QED) is 0.414. The standard InChI is InChI=1S/C28H34FN5O6S/c1-17-14-34(19(3)16-35)28(37)22-7-6-8-23(30-27(36)24-13-18(2)31-33(24)5)26(22)40-25(17)15-32(4)41(38,39)21-11-9-20(29)10-12-21/h6-13,17,19,25,35H,14-16H2,1-5H3,(H,30,36)/t17-,19+,25+/m0/s1. The molecule has 0 bridgehead atoms. The molecular weight excluding hydrogens is 553 g/mol. The summed E-state index contributed by atoms with van der Waals surface area (Å²) in [6.07, 6.45) is -0.771. The minimum absolute atomic E-state index is 0.0783. The van der Waals surface area contributed by atoms with Gasteiger partial charge in [0.2, 0.25) is 10.0 Å². The first-order valence-corrected chi connectivity index (χ1v) is 14.5. The second-order valence-electron chi connectivity index (χ2n) is 10.3. The number of aliphatic hydroxyl groups excluding tert-OH is 1. The molecule has 41 heavy (non-hydrogen) atoms. The maximum atomic E-state index is 13.7. The summed E-state index contributed by atoms with van der Waals surface area (Å²) >= 11 is 0. The number of aliphatic hydroxyl groups is 1. The molecule has 2 aromatic carbocycles. The van der Waals surface area contributed by atoms with E-state index in [1.54, 1.807) is 45.2 Å². The van der Waals surface area contributed by atoms with Crippen molar-refractivity contribution in [1.29, 1.82) is 0 Å². The lowest BCUT2D eigenvalue weighted by Crippen LogP contribution is -2.50. The molecule has 0 fully saturated rings. The monoisotopic (exact) mass is 587 g/mol. The van der Waals surface area contributed by atoms with Gasteiger partial charge in [0.1, 0.15) is 17.6 Å². The number of anilines is 1. The molecule has 3 aromatic rings. The molecule has 13 heteroatoms. The molecule has 2 heterocycles. The van der Waals surface area contributed by atoms with Crippen LogP contribution in [0.15, 0.2) is 53.4 Å². The Hall–Kier alpha value is -3.81. The van der Waals surface area contributed by atoms with Crippen LogP contribution in [0.4, 0.5) is 10.1 Å². The molecule has 0 saturated heterocycles. The van der Waals surface area contributed by atoms with Crippen LogP contribution >= 0.6 is 0 Å². The maximum absolute atomic E-state index is 13.7. The zero-order valence-electron chi connectivity index (χ0n) is 23.5. The lowest BCUT2D eigenvalue weighted by Gasteiger charge is -2.38. The predicted molar refractivity (Wildman–Crippen MR) is 150 cm³/mol. The Morgan fingerprint density at radius 2 is 1.95 bits per heavy atom. The van der Waals surface area contributed by atoms with Crippen LogP contribution in [0.1, 0.15) is 40.4 Å². The smallest absolute Gasteiger partial charge is 0.274 e. The van der Waals surface area contributed by atoms with Gasteiger partial charge in [-0.1, -0.05) is 13.0 Å². The molecular formula is C28H34FN5O6S. The fourth-order valence-corrected chi connectivity index (χ4v) is 5.89. The fraction of sp³-hybridized carbons (Fsp3) is 0.393. The number of likely N-dealkylation sites (N-methyl/N-ethyl adjacent to an activating group) is 1. The lowest BCUT2D eigenvalue weighted by atomic mass is 9.99. The van der Waals surface area contributed by atoms with Crippen molar-refractivity contribution >= 4 is 27.5 Å². The van der Waals surface area contributed by atoms with Gasteiger partial charge in [0.25, 0.3) is 11.8 Å². The van der Waals surface area contributed by atoms with E-state index in [2.05, 4.69) is 10.4 Å². The summed E-state index contributed by atoms with van der Waals surface area (Å²) in [5.41, 5.74) is 1.33.